The third-order valence-corrected chi connectivity index (χ3v) is 0.781. The molecule has 1 unspecified atom stereocenters. The van der Waals surface area contributed by atoms with Gasteiger partial charge < -0.3 is 10.2 Å². The number of rotatable bonds is 3. The van der Waals surface area contributed by atoms with Crippen LogP contribution < -0.4 is 0 Å². The summed E-state index contributed by atoms with van der Waals surface area (Å²) in [6, 6.07) is 0. The summed E-state index contributed by atoms with van der Waals surface area (Å²) >= 11 is 0. The molecule has 0 aliphatic heterocycles. The minimum Gasteiger partial charge on any atom is -0.393 e. The lowest BCUT2D eigenvalue weighted by molar-refractivity contribution is 0.131. The third kappa shape index (κ3) is 33.9. The maximum Gasteiger partial charge on any atom is 0.549 e. The highest BCUT2D eigenvalue weighted by molar-refractivity contribution is 7.46. The van der Waals surface area contributed by atoms with Crippen LogP contribution in [0.25, 0.3) is 0 Å². The van der Waals surface area contributed by atoms with Crippen LogP contribution in [0.2, 0.25) is 0 Å². The molecule has 1 atom stereocenters. The second kappa shape index (κ2) is 8.31. The van der Waals surface area contributed by atoms with Gasteiger partial charge in [0, 0.05) is 0 Å². The van der Waals surface area contributed by atoms with Gasteiger partial charge in [-0.1, -0.05) is 19.1 Å². The molecule has 0 aromatic carbocycles. The first-order chi connectivity index (χ1) is 5.81. The molecule has 0 aromatic heterocycles. The Labute approximate surface area is 75.2 Å². The van der Waals surface area contributed by atoms with Crippen molar-refractivity contribution in [3.05, 3.63) is 12.2 Å². The molecule has 3 N–H and O–H groups in total. The maximum atomic E-state index is 10.1. The van der Waals surface area contributed by atoms with Gasteiger partial charge in [-0.15, -0.1) is 8.39 Å². The fraction of sp³-hybridized carbons (Fsp3) is 0.667. The highest BCUT2D eigenvalue weighted by Gasteiger charge is 2.09. The molecule has 0 aromatic rings. The molecule has 0 bridgehead atoms. The largest absolute Gasteiger partial charge is 0.549 e. The van der Waals surface area contributed by atoms with Crippen LogP contribution in [0.5, 0.6) is 0 Å². The van der Waals surface area contributed by atoms with Crippen molar-refractivity contribution < 1.29 is 28.1 Å². The second-order valence-corrected chi connectivity index (χ2v) is 2.89. The SMILES string of the molecule is CCC=CC(O)CO.O=P(O)(F)F. The van der Waals surface area contributed by atoms with E-state index in [-0.39, 0.29) is 6.61 Å². The molecule has 80 valence electrons. The second-order valence-electron chi connectivity index (χ2n) is 2.02. The zero-order valence-corrected chi connectivity index (χ0v) is 7.99. The van der Waals surface area contributed by atoms with E-state index in [0.29, 0.717) is 0 Å². The summed E-state index contributed by atoms with van der Waals surface area (Å²) in [4.78, 5) is 6.74. The van der Waals surface area contributed by atoms with Crippen molar-refractivity contribution in [3.8, 4) is 0 Å². The maximum absolute atomic E-state index is 10.1. The van der Waals surface area contributed by atoms with E-state index in [4.69, 9.17) is 19.7 Å². The minimum absolute atomic E-state index is 0.184. The molecule has 0 rings (SSSR count). The fourth-order valence-corrected chi connectivity index (χ4v) is 0.354. The van der Waals surface area contributed by atoms with Crippen molar-refractivity contribution in [3.63, 3.8) is 0 Å². The smallest absolute Gasteiger partial charge is 0.393 e. The third-order valence-electron chi connectivity index (χ3n) is 0.781. The van der Waals surface area contributed by atoms with Crippen LogP contribution in [-0.4, -0.2) is 27.8 Å². The zero-order valence-electron chi connectivity index (χ0n) is 7.10. The molecule has 0 aliphatic rings. The lowest BCUT2D eigenvalue weighted by Crippen LogP contribution is -2.06. The van der Waals surface area contributed by atoms with E-state index in [1.54, 1.807) is 6.08 Å². The lowest BCUT2D eigenvalue weighted by Gasteiger charge is -1.95. The van der Waals surface area contributed by atoms with Crippen LogP contribution in [0.3, 0.4) is 0 Å². The molecule has 4 nitrogen and oxygen atoms in total. The summed E-state index contributed by atoms with van der Waals surface area (Å²) in [5, 5.41) is 16.9. The van der Waals surface area contributed by atoms with Gasteiger partial charge in [0.05, 0.1) is 12.7 Å². The Morgan fingerprint density at radius 1 is 1.54 bits per heavy atom. The summed E-state index contributed by atoms with van der Waals surface area (Å²) < 4.78 is 28.7. The Hall–Kier alpha value is -0.290. The fourth-order valence-electron chi connectivity index (χ4n) is 0.354. The number of aliphatic hydroxyl groups is 2. The molecule has 7 heteroatoms. The van der Waals surface area contributed by atoms with E-state index in [2.05, 4.69) is 0 Å². The van der Waals surface area contributed by atoms with E-state index in [0.717, 1.165) is 6.42 Å². The predicted molar refractivity (Wildman–Crippen MR) is 44.6 cm³/mol. The van der Waals surface area contributed by atoms with Gasteiger partial charge in [-0.25, -0.2) is 4.57 Å². The average molecular weight is 218 g/mol. The molecule has 0 spiro atoms. The van der Waals surface area contributed by atoms with Crippen molar-refractivity contribution in [2.75, 3.05) is 6.61 Å². The molecule has 0 heterocycles. The monoisotopic (exact) mass is 218 g/mol. The highest BCUT2D eigenvalue weighted by Crippen LogP contribution is 2.43. The molecule has 13 heavy (non-hydrogen) atoms. The summed E-state index contributed by atoms with van der Waals surface area (Å²) in [6.45, 7) is 1.79. The number of allylic oxidation sites excluding steroid dienone is 1. The molecule has 0 saturated carbocycles. The lowest BCUT2D eigenvalue weighted by atomic mass is 10.3. The summed E-state index contributed by atoms with van der Waals surface area (Å²) in [7, 11) is -5.64. The van der Waals surface area contributed by atoms with Crippen LogP contribution in [0, 0.1) is 0 Å². The molecule has 0 fully saturated rings. The number of hydrogen-bond donors (Lipinski definition) is 3. The molecular formula is C6H13F2O4P. The van der Waals surface area contributed by atoms with Crippen molar-refractivity contribution >= 4 is 7.99 Å². The first-order valence-electron chi connectivity index (χ1n) is 3.49. The molecule has 0 aliphatic carbocycles. The number of halogens is 2. The van der Waals surface area contributed by atoms with Gasteiger partial charge in [0.1, 0.15) is 0 Å². The Bertz CT molecular complexity index is 171. The van der Waals surface area contributed by atoms with E-state index in [1.165, 1.54) is 0 Å². The topological polar surface area (TPSA) is 77.8 Å². The van der Waals surface area contributed by atoms with Gasteiger partial charge in [-0.05, 0) is 6.42 Å². The van der Waals surface area contributed by atoms with E-state index in [1.807, 2.05) is 13.0 Å². The Morgan fingerprint density at radius 2 is 1.92 bits per heavy atom. The summed E-state index contributed by atoms with van der Waals surface area (Å²) in [5.74, 6) is 0. The van der Waals surface area contributed by atoms with Gasteiger partial charge in [0.15, 0.2) is 0 Å². The van der Waals surface area contributed by atoms with E-state index < -0.39 is 14.1 Å². The van der Waals surface area contributed by atoms with Crippen LogP contribution in [0.15, 0.2) is 12.2 Å². The zero-order chi connectivity index (χ0) is 10.9. The summed E-state index contributed by atoms with van der Waals surface area (Å²) in [5.41, 5.74) is 0. The van der Waals surface area contributed by atoms with Gasteiger partial charge in [-0.2, -0.15) is 0 Å². The van der Waals surface area contributed by atoms with Crippen molar-refractivity contribution in [1.82, 2.24) is 0 Å². The van der Waals surface area contributed by atoms with Gasteiger partial charge in [0.2, 0.25) is 0 Å². The van der Waals surface area contributed by atoms with Crippen molar-refractivity contribution in [1.29, 1.82) is 0 Å². The van der Waals surface area contributed by atoms with Gasteiger partial charge >= 0.3 is 7.99 Å². The molecule has 0 amide bonds. The minimum atomic E-state index is -5.64. The predicted octanol–water partition coefficient (Wildman–Crippen LogP) is 1.33. The van der Waals surface area contributed by atoms with Crippen LogP contribution in [-0.2, 0) is 4.57 Å². The van der Waals surface area contributed by atoms with E-state index >= 15 is 0 Å². The van der Waals surface area contributed by atoms with E-state index in [9.17, 15) is 8.39 Å². The Balaban J connectivity index is 0. The van der Waals surface area contributed by atoms with Gasteiger partial charge in [-0.3, -0.25) is 4.89 Å². The van der Waals surface area contributed by atoms with Crippen molar-refractivity contribution in [2.45, 2.75) is 19.4 Å². The molecule has 0 saturated heterocycles. The number of aliphatic hydroxyl groups excluding tert-OH is 2. The average Bonchev–Trinajstić information content (AvgIpc) is 1.97. The first-order valence-corrected chi connectivity index (χ1v) is 4.93. The summed E-state index contributed by atoms with van der Waals surface area (Å²) in [6.07, 6.45) is 3.63. The first kappa shape index (κ1) is 15.2. The van der Waals surface area contributed by atoms with Gasteiger partial charge in [0.25, 0.3) is 0 Å². The standard InChI is InChI=1S/C6H12O2.F2HO2P/c1-2-3-4-6(8)5-7;1-5(2,3)4/h3-4,6-8H,2,5H2,1H3;(H,3,4). The normalized spacial score (nSPS) is 13.7. The van der Waals surface area contributed by atoms with Crippen LogP contribution >= 0.6 is 7.99 Å². The molecular weight excluding hydrogens is 205 g/mol. The van der Waals surface area contributed by atoms with Crippen LogP contribution in [0.1, 0.15) is 13.3 Å². The Morgan fingerprint density at radius 3 is 2.15 bits per heavy atom. The van der Waals surface area contributed by atoms with Crippen LogP contribution in [0.4, 0.5) is 8.39 Å². The van der Waals surface area contributed by atoms with Crippen molar-refractivity contribution in [2.24, 2.45) is 0 Å². The molecule has 0 radical (unpaired) electrons. The number of hydrogen-bond acceptors (Lipinski definition) is 3. The highest BCUT2D eigenvalue weighted by atomic mass is 31.2. The quantitative estimate of drug-likeness (QED) is 0.493. The Kier molecular flexibility index (Phi) is 9.72.